The van der Waals surface area contributed by atoms with Crippen LogP contribution in [0.1, 0.15) is 18.1 Å². The maximum absolute atomic E-state index is 13.0. The second-order valence-electron chi connectivity index (χ2n) is 2.54. The van der Waals surface area contributed by atoms with E-state index >= 15 is 0 Å². The van der Waals surface area contributed by atoms with Crippen LogP contribution in [-0.2, 0) is 6.42 Å². The van der Waals surface area contributed by atoms with Crippen molar-refractivity contribution in [3.63, 3.8) is 0 Å². The SMILES string of the molecule is CCc1c(C)cc(Cl)cc1F. The van der Waals surface area contributed by atoms with Crippen LogP contribution in [0.5, 0.6) is 0 Å². The van der Waals surface area contributed by atoms with E-state index in [0.717, 1.165) is 17.5 Å². The van der Waals surface area contributed by atoms with Crippen molar-refractivity contribution in [3.8, 4) is 0 Å². The third-order valence-corrected chi connectivity index (χ3v) is 1.96. The average molecular weight is 173 g/mol. The van der Waals surface area contributed by atoms with Crippen molar-refractivity contribution in [1.82, 2.24) is 0 Å². The summed E-state index contributed by atoms with van der Waals surface area (Å²) in [5.74, 6) is -0.197. The third-order valence-electron chi connectivity index (χ3n) is 1.74. The molecule has 0 saturated carbocycles. The standard InChI is InChI=1S/C9H10ClF/c1-3-8-6(2)4-7(10)5-9(8)11/h4-5H,3H2,1-2H3. The molecule has 1 aromatic rings. The van der Waals surface area contributed by atoms with Gasteiger partial charge in [0.25, 0.3) is 0 Å². The Kier molecular flexibility index (Phi) is 2.50. The van der Waals surface area contributed by atoms with Crippen molar-refractivity contribution < 1.29 is 4.39 Å². The van der Waals surface area contributed by atoms with Gasteiger partial charge in [0.15, 0.2) is 0 Å². The fourth-order valence-corrected chi connectivity index (χ4v) is 1.44. The molecule has 60 valence electrons. The quantitative estimate of drug-likeness (QED) is 0.610. The summed E-state index contributed by atoms with van der Waals surface area (Å²) >= 11 is 5.64. The largest absolute Gasteiger partial charge is 0.207 e. The summed E-state index contributed by atoms with van der Waals surface area (Å²) in [5, 5.41) is 0.470. The van der Waals surface area contributed by atoms with Gasteiger partial charge in [0.2, 0.25) is 0 Å². The summed E-state index contributed by atoms with van der Waals surface area (Å²) in [6.07, 6.45) is 0.717. The molecular formula is C9H10ClF. The fraction of sp³-hybridized carbons (Fsp3) is 0.333. The molecule has 0 atom stereocenters. The lowest BCUT2D eigenvalue weighted by atomic mass is 10.1. The summed E-state index contributed by atoms with van der Waals surface area (Å²) < 4.78 is 13.0. The molecule has 0 aliphatic heterocycles. The first-order valence-electron chi connectivity index (χ1n) is 3.59. The molecule has 2 heteroatoms. The highest BCUT2D eigenvalue weighted by Crippen LogP contribution is 2.19. The van der Waals surface area contributed by atoms with E-state index in [4.69, 9.17) is 11.6 Å². The van der Waals surface area contributed by atoms with Crippen LogP contribution in [-0.4, -0.2) is 0 Å². The molecule has 0 amide bonds. The summed E-state index contributed by atoms with van der Waals surface area (Å²) in [5.41, 5.74) is 1.69. The molecule has 0 radical (unpaired) electrons. The molecule has 0 saturated heterocycles. The normalized spacial score (nSPS) is 10.2. The van der Waals surface area contributed by atoms with Gasteiger partial charge in [-0.1, -0.05) is 18.5 Å². The highest BCUT2D eigenvalue weighted by atomic mass is 35.5. The maximum Gasteiger partial charge on any atom is 0.128 e. The molecule has 1 rings (SSSR count). The lowest BCUT2D eigenvalue weighted by molar-refractivity contribution is 0.610. The molecule has 0 heterocycles. The van der Waals surface area contributed by atoms with Crippen LogP contribution < -0.4 is 0 Å². The number of halogens is 2. The molecule has 1 aromatic carbocycles. The Bertz CT molecular complexity index is 245. The summed E-state index contributed by atoms with van der Waals surface area (Å²) in [4.78, 5) is 0. The van der Waals surface area contributed by atoms with Crippen molar-refractivity contribution >= 4 is 11.6 Å². The van der Waals surface area contributed by atoms with E-state index in [2.05, 4.69) is 0 Å². The molecule has 0 aliphatic carbocycles. The van der Waals surface area contributed by atoms with Crippen molar-refractivity contribution in [2.45, 2.75) is 20.3 Å². The predicted molar refractivity (Wildman–Crippen MR) is 45.5 cm³/mol. The van der Waals surface area contributed by atoms with E-state index in [-0.39, 0.29) is 5.82 Å². The zero-order valence-corrected chi connectivity index (χ0v) is 7.37. The molecule has 0 unspecified atom stereocenters. The van der Waals surface area contributed by atoms with E-state index in [1.807, 2.05) is 13.8 Å². The Balaban J connectivity index is 3.25. The van der Waals surface area contributed by atoms with Crippen LogP contribution in [0, 0.1) is 12.7 Å². The minimum Gasteiger partial charge on any atom is -0.207 e. The first-order valence-corrected chi connectivity index (χ1v) is 3.97. The van der Waals surface area contributed by atoms with Gasteiger partial charge < -0.3 is 0 Å². The van der Waals surface area contributed by atoms with Crippen molar-refractivity contribution in [2.75, 3.05) is 0 Å². The predicted octanol–water partition coefficient (Wildman–Crippen LogP) is 3.35. The number of hydrogen-bond acceptors (Lipinski definition) is 0. The second kappa shape index (κ2) is 3.22. The van der Waals surface area contributed by atoms with Crippen LogP contribution in [0.15, 0.2) is 12.1 Å². The summed E-state index contributed by atoms with van der Waals surface area (Å²) in [6.45, 7) is 3.80. The molecule has 11 heavy (non-hydrogen) atoms. The monoisotopic (exact) mass is 172 g/mol. The average Bonchev–Trinajstić information content (AvgIpc) is 1.85. The minimum atomic E-state index is -0.197. The third kappa shape index (κ3) is 1.72. The van der Waals surface area contributed by atoms with Crippen LogP contribution in [0.25, 0.3) is 0 Å². The summed E-state index contributed by atoms with van der Waals surface area (Å²) in [6, 6.07) is 3.14. The van der Waals surface area contributed by atoms with E-state index in [0.29, 0.717) is 5.02 Å². The van der Waals surface area contributed by atoms with Crippen molar-refractivity contribution in [1.29, 1.82) is 0 Å². The first-order chi connectivity index (χ1) is 5.15. The van der Waals surface area contributed by atoms with Gasteiger partial charge in [-0.05, 0) is 36.6 Å². The Labute approximate surface area is 71.0 Å². The number of hydrogen-bond donors (Lipinski definition) is 0. The van der Waals surface area contributed by atoms with Crippen LogP contribution in [0.4, 0.5) is 4.39 Å². The topological polar surface area (TPSA) is 0 Å². The molecular weight excluding hydrogens is 163 g/mol. The van der Waals surface area contributed by atoms with E-state index < -0.39 is 0 Å². The highest BCUT2D eigenvalue weighted by Gasteiger charge is 2.04. The highest BCUT2D eigenvalue weighted by molar-refractivity contribution is 6.30. The summed E-state index contributed by atoms with van der Waals surface area (Å²) in [7, 11) is 0. The van der Waals surface area contributed by atoms with Gasteiger partial charge in [-0.2, -0.15) is 0 Å². The van der Waals surface area contributed by atoms with Gasteiger partial charge in [-0.3, -0.25) is 0 Å². The molecule has 0 nitrogen and oxygen atoms in total. The van der Waals surface area contributed by atoms with Gasteiger partial charge in [-0.25, -0.2) is 4.39 Å². The Hall–Kier alpha value is -0.560. The second-order valence-corrected chi connectivity index (χ2v) is 2.97. The van der Waals surface area contributed by atoms with E-state index in [1.54, 1.807) is 6.07 Å². The van der Waals surface area contributed by atoms with E-state index in [1.165, 1.54) is 6.07 Å². The van der Waals surface area contributed by atoms with Crippen LogP contribution in [0.3, 0.4) is 0 Å². The Morgan fingerprint density at radius 1 is 1.45 bits per heavy atom. The fourth-order valence-electron chi connectivity index (χ4n) is 1.18. The van der Waals surface area contributed by atoms with Crippen molar-refractivity contribution in [3.05, 3.63) is 34.1 Å². The molecule has 0 N–H and O–H groups in total. The molecule has 0 spiro atoms. The lowest BCUT2D eigenvalue weighted by Gasteiger charge is -2.04. The smallest absolute Gasteiger partial charge is 0.128 e. The maximum atomic E-state index is 13.0. The minimum absolute atomic E-state index is 0.197. The zero-order valence-electron chi connectivity index (χ0n) is 6.62. The Morgan fingerprint density at radius 2 is 2.09 bits per heavy atom. The molecule has 0 aromatic heterocycles. The van der Waals surface area contributed by atoms with Crippen LogP contribution >= 0.6 is 11.6 Å². The molecule has 0 aliphatic rings. The molecule has 0 fully saturated rings. The van der Waals surface area contributed by atoms with E-state index in [9.17, 15) is 4.39 Å². The Morgan fingerprint density at radius 3 is 2.55 bits per heavy atom. The van der Waals surface area contributed by atoms with Crippen LogP contribution in [0.2, 0.25) is 5.02 Å². The molecule has 0 bridgehead atoms. The number of rotatable bonds is 1. The lowest BCUT2D eigenvalue weighted by Crippen LogP contribution is -1.91. The van der Waals surface area contributed by atoms with Gasteiger partial charge >= 0.3 is 0 Å². The number of benzene rings is 1. The van der Waals surface area contributed by atoms with Gasteiger partial charge in [0, 0.05) is 5.02 Å². The van der Waals surface area contributed by atoms with Gasteiger partial charge in [0.1, 0.15) is 5.82 Å². The van der Waals surface area contributed by atoms with Gasteiger partial charge in [-0.15, -0.1) is 0 Å². The first kappa shape index (κ1) is 8.54. The zero-order chi connectivity index (χ0) is 8.43. The van der Waals surface area contributed by atoms with Crippen molar-refractivity contribution in [2.24, 2.45) is 0 Å². The number of aryl methyl sites for hydroxylation is 1. The van der Waals surface area contributed by atoms with Gasteiger partial charge in [0.05, 0.1) is 0 Å².